The number of fused-ring (bicyclic) bond motifs is 3. The monoisotopic (exact) mass is 314 g/mol. The minimum absolute atomic E-state index is 0.0921. The van der Waals surface area contributed by atoms with Crippen LogP contribution in [0.1, 0.15) is 29.6 Å². The summed E-state index contributed by atoms with van der Waals surface area (Å²) in [6.45, 7) is 0.942. The fraction of sp³-hybridized carbons (Fsp3) is 0.500. The van der Waals surface area contributed by atoms with Crippen molar-refractivity contribution in [1.82, 2.24) is 10.6 Å². The van der Waals surface area contributed by atoms with E-state index in [1.807, 2.05) is 0 Å². The van der Waals surface area contributed by atoms with Gasteiger partial charge in [-0.1, -0.05) is 23.2 Å². The number of rotatable bonds is 2. The van der Waals surface area contributed by atoms with Crippen LogP contribution in [0.5, 0.6) is 5.75 Å². The van der Waals surface area contributed by atoms with Crippen LogP contribution < -0.4 is 10.6 Å². The summed E-state index contributed by atoms with van der Waals surface area (Å²) in [4.78, 5) is 12.3. The number of hydrogen-bond acceptors (Lipinski definition) is 3. The van der Waals surface area contributed by atoms with Gasteiger partial charge in [0.25, 0.3) is 5.91 Å². The van der Waals surface area contributed by atoms with Crippen LogP contribution in [0.4, 0.5) is 0 Å². The van der Waals surface area contributed by atoms with Gasteiger partial charge < -0.3 is 15.7 Å². The molecule has 2 heterocycles. The Labute approximate surface area is 127 Å². The lowest BCUT2D eigenvalue weighted by Gasteiger charge is -2.43. The average molecular weight is 315 g/mol. The molecular formula is C14H16Cl2N2O2. The molecule has 0 aromatic heterocycles. The van der Waals surface area contributed by atoms with Crippen LogP contribution >= 0.6 is 23.2 Å². The van der Waals surface area contributed by atoms with Gasteiger partial charge in [0.2, 0.25) is 0 Å². The van der Waals surface area contributed by atoms with Gasteiger partial charge in [0.05, 0.1) is 10.6 Å². The van der Waals surface area contributed by atoms with Crippen LogP contribution in [-0.2, 0) is 0 Å². The highest BCUT2D eigenvalue weighted by atomic mass is 35.5. The number of carbonyl (C=O) groups excluding carboxylic acids is 1. The largest absolute Gasteiger partial charge is 0.506 e. The van der Waals surface area contributed by atoms with Crippen LogP contribution in [-0.4, -0.2) is 29.6 Å². The highest BCUT2D eigenvalue weighted by Crippen LogP contribution is 2.33. The molecule has 3 N–H and O–H groups in total. The van der Waals surface area contributed by atoms with Gasteiger partial charge in [-0.05, 0) is 37.3 Å². The molecule has 0 spiro atoms. The number of benzene rings is 1. The zero-order valence-corrected chi connectivity index (χ0v) is 12.3. The third-order valence-electron chi connectivity index (χ3n) is 4.25. The zero-order chi connectivity index (χ0) is 14.3. The predicted octanol–water partition coefficient (Wildman–Crippen LogP) is 2.57. The SMILES string of the molecule is O=C(N[C@@H]1C[C@H]2CC[C@@H]1CN2)c1cc(Cl)cc(Cl)c1O. The average Bonchev–Trinajstić information content (AvgIpc) is 2.44. The minimum Gasteiger partial charge on any atom is -0.506 e. The van der Waals surface area contributed by atoms with Crippen molar-refractivity contribution < 1.29 is 9.90 Å². The molecule has 0 unspecified atom stereocenters. The second-order valence-electron chi connectivity index (χ2n) is 5.54. The van der Waals surface area contributed by atoms with E-state index in [0.29, 0.717) is 17.0 Å². The van der Waals surface area contributed by atoms with Gasteiger partial charge in [0.15, 0.2) is 0 Å². The van der Waals surface area contributed by atoms with Gasteiger partial charge in [-0.3, -0.25) is 4.79 Å². The van der Waals surface area contributed by atoms with Gasteiger partial charge in [0, 0.05) is 23.7 Å². The van der Waals surface area contributed by atoms with Crippen LogP contribution in [0.25, 0.3) is 0 Å². The lowest BCUT2D eigenvalue weighted by Crippen LogP contribution is -2.57. The molecule has 3 atom stereocenters. The summed E-state index contributed by atoms with van der Waals surface area (Å²) in [6.07, 6.45) is 3.24. The summed E-state index contributed by atoms with van der Waals surface area (Å²) < 4.78 is 0. The van der Waals surface area contributed by atoms with Crippen LogP contribution in [0.15, 0.2) is 12.1 Å². The second kappa shape index (κ2) is 5.43. The molecule has 1 aromatic rings. The molecule has 2 bridgehead atoms. The van der Waals surface area contributed by atoms with E-state index in [2.05, 4.69) is 10.6 Å². The van der Waals surface area contributed by atoms with Crippen LogP contribution in [0.2, 0.25) is 10.0 Å². The van der Waals surface area contributed by atoms with E-state index in [-0.39, 0.29) is 28.3 Å². The van der Waals surface area contributed by atoms with Gasteiger partial charge in [-0.25, -0.2) is 0 Å². The number of nitrogens with one attached hydrogen (secondary N) is 2. The number of phenolic OH excluding ortho intramolecular Hbond substituents is 1. The molecule has 1 saturated carbocycles. The van der Waals surface area contributed by atoms with Gasteiger partial charge >= 0.3 is 0 Å². The molecule has 4 nitrogen and oxygen atoms in total. The first-order valence-corrected chi connectivity index (χ1v) is 7.52. The third-order valence-corrected chi connectivity index (χ3v) is 4.76. The number of phenols is 1. The maximum atomic E-state index is 12.3. The first-order chi connectivity index (χ1) is 9.54. The van der Waals surface area contributed by atoms with Crippen molar-refractivity contribution >= 4 is 29.1 Å². The summed E-state index contributed by atoms with van der Waals surface area (Å²) in [6, 6.07) is 3.50. The number of piperidine rings is 2. The zero-order valence-electron chi connectivity index (χ0n) is 10.8. The molecule has 3 fully saturated rings. The smallest absolute Gasteiger partial charge is 0.255 e. The molecule has 1 amide bonds. The Morgan fingerprint density at radius 2 is 2.15 bits per heavy atom. The first-order valence-electron chi connectivity index (χ1n) is 6.77. The Balaban J connectivity index is 1.77. The highest BCUT2D eigenvalue weighted by molar-refractivity contribution is 6.36. The molecule has 108 valence electrons. The Kier molecular flexibility index (Phi) is 3.80. The van der Waals surface area contributed by atoms with Crippen molar-refractivity contribution in [3.8, 4) is 5.75 Å². The Bertz CT molecular complexity index is 542. The van der Waals surface area contributed by atoms with Gasteiger partial charge in [0.1, 0.15) is 5.75 Å². The molecule has 6 heteroatoms. The molecule has 20 heavy (non-hydrogen) atoms. The summed E-state index contributed by atoms with van der Waals surface area (Å²) in [5.41, 5.74) is 0.136. The van der Waals surface area contributed by atoms with E-state index in [0.717, 1.165) is 19.4 Å². The summed E-state index contributed by atoms with van der Waals surface area (Å²) >= 11 is 11.7. The molecule has 4 rings (SSSR count). The molecule has 1 aromatic carbocycles. The lowest BCUT2D eigenvalue weighted by atomic mass is 9.77. The molecule has 1 aliphatic carbocycles. The van der Waals surface area contributed by atoms with E-state index in [9.17, 15) is 9.90 Å². The normalized spacial score (nSPS) is 28.4. The van der Waals surface area contributed by atoms with Crippen molar-refractivity contribution in [3.05, 3.63) is 27.7 Å². The van der Waals surface area contributed by atoms with Crippen LogP contribution in [0.3, 0.4) is 0 Å². The Morgan fingerprint density at radius 3 is 2.75 bits per heavy atom. The fourth-order valence-electron chi connectivity index (χ4n) is 3.14. The topological polar surface area (TPSA) is 61.4 Å². The Hall–Kier alpha value is -0.970. The lowest BCUT2D eigenvalue weighted by molar-refractivity contribution is 0.0856. The highest BCUT2D eigenvalue weighted by Gasteiger charge is 2.36. The molecule has 2 saturated heterocycles. The standard InChI is InChI=1S/C14H16Cl2N2O2/c15-8-3-10(13(19)11(16)4-8)14(20)18-12-5-9-2-1-7(12)6-17-9/h3-4,7,9,12,17,19H,1-2,5-6H2,(H,18,20)/t7-,9-,12-/m1/s1. The van der Waals surface area contributed by atoms with Gasteiger partial charge in [-0.2, -0.15) is 0 Å². The van der Waals surface area contributed by atoms with Crippen LogP contribution in [0, 0.1) is 5.92 Å². The predicted molar refractivity (Wildman–Crippen MR) is 78.5 cm³/mol. The summed E-state index contributed by atoms with van der Waals surface area (Å²) in [5.74, 6) is -0.0714. The number of carbonyl (C=O) groups is 1. The molecule has 3 aliphatic rings. The third kappa shape index (κ3) is 2.60. The maximum absolute atomic E-state index is 12.3. The van der Waals surface area contributed by atoms with E-state index in [1.54, 1.807) is 0 Å². The molecule has 0 radical (unpaired) electrons. The van der Waals surface area contributed by atoms with E-state index in [4.69, 9.17) is 23.2 Å². The number of hydrogen-bond donors (Lipinski definition) is 3. The Morgan fingerprint density at radius 1 is 1.35 bits per heavy atom. The number of aromatic hydroxyl groups is 1. The summed E-state index contributed by atoms with van der Waals surface area (Å²) in [7, 11) is 0. The minimum atomic E-state index is -0.315. The number of amides is 1. The first kappa shape index (κ1) is 14.0. The van der Waals surface area contributed by atoms with Crippen molar-refractivity contribution in [2.24, 2.45) is 5.92 Å². The van der Waals surface area contributed by atoms with Crippen molar-refractivity contribution in [1.29, 1.82) is 0 Å². The van der Waals surface area contributed by atoms with Gasteiger partial charge in [-0.15, -0.1) is 0 Å². The van der Waals surface area contributed by atoms with Crippen molar-refractivity contribution in [2.45, 2.75) is 31.3 Å². The van der Waals surface area contributed by atoms with E-state index < -0.39 is 0 Å². The quantitative estimate of drug-likeness (QED) is 0.786. The maximum Gasteiger partial charge on any atom is 0.255 e. The molecular weight excluding hydrogens is 299 g/mol. The second-order valence-corrected chi connectivity index (χ2v) is 6.39. The molecule has 2 aliphatic heterocycles. The fourth-order valence-corrected chi connectivity index (χ4v) is 3.64. The van der Waals surface area contributed by atoms with Crippen molar-refractivity contribution in [2.75, 3.05) is 6.54 Å². The summed E-state index contributed by atoms with van der Waals surface area (Å²) in [5, 5.41) is 16.8. The van der Waals surface area contributed by atoms with Crippen molar-refractivity contribution in [3.63, 3.8) is 0 Å². The van der Waals surface area contributed by atoms with E-state index in [1.165, 1.54) is 18.6 Å². The van der Waals surface area contributed by atoms with E-state index >= 15 is 0 Å². The number of halogens is 2.